The second-order valence-corrected chi connectivity index (χ2v) is 5.45. The van der Waals surface area contributed by atoms with Gasteiger partial charge >= 0.3 is 0 Å². The molecule has 21 heavy (non-hydrogen) atoms. The second kappa shape index (κ2) is 5.65. The Hall–Kier alpha value is -2.21. The van der Waals surface area contributed by atoms with E-state index in [1.54, 1.807) is 15.8 Å². The molecule has 1 atom stereocenters. The van der Waals surface area contributed by atoms with Crippen LogP contribution in [0.5, 0.6) is 0 Å². The Bertz CT molecular complexity index is 645. The average Bonchev–Trinajstić information content (AvgIpc) is 3.17. The summed E-state index contributed by atoms with van der Waals surface area (Å²) in [6, 6.07) is 8.17. The summed E-state index contributed by atoms with van der Waals surface area (Å²) in [5.74, 6) is -0.0809. The number of rotatable bonds is 3. The van der Waals surface area contributed by atoms with E-state index in [1.807, 2.05) is 38.2 Å². The Morgan fingerprint density at radius 2 is 2.33 bits per heavy atom. The number of hydrogen-bond donors (Lipinski definition) is 1. The number of aryl methyl sites for hydroxylation is 1. The number of amides is 1. The fourth-order valence-corrected chi connectivity index (χ4v) is 2.57. The van der Waals surface area contributed by atoms with Gasteiger partial charge in [-0.1, -0.05) is 17.3 Å². The zero-order valence-electron chi connectivity index (χ0n) is 12.3. The van der Waals surface area contributed by atoms with E-state index in [-0.39, 0.29) is 11.9 Å². The third kappa shape index (κ3) is 2.80. The Morgan fingerprint density at radius 3 is 3.05 bits per heavy atom. The van der Waals surface area contributed by atoms with Gasteiger partial charge in [0, 0.05) is 19.6 Å². The summed E-state index contributed by atoms with van der Waals surface area (Å²) in [7, 11) is 1.83. The molecule has 2 aromatic rings. The van der Waals surface area contributed by atoms with Crippen molar-refractivity contribution in [2.75, 3.05) is 20.1 Å². The van der Waals surface area contributed by atoms with E-state index in [4.69, 9.17) is 0 Å². The van der Waals surface area contributed by atoms with Crippen LogP contribution in [0.25, 0.3) is 5.69 Å². The number of nitrogens with one attached hydrogen (secondary N) is 1. The summed E-state index contributed by atoms with van der Waals surface area (Å²) in [5.41, 5.74) is 2.43. The van der Waals surface area contributed by atoms with Crippen molar-refractivity contribution in [1.82, 2.24) is 25.2 Å². The molecule has 6 nitrogen and oxygen atoms in total. The van der Waals surface area contributed by atoms with Crippen LogP contribution in [0.1, 0.15) is 22.5 Å². The lowest BCUT2D eigenvalue weighted by molar-refractivity contribution is 0.0738. The van der Waals surface area contributed by atoms with Crippen molar-refractivity contribution in [3.8, 4) is 5.69 Å². The SMILES string of the molecule is Cc1cccc(-n2cc(C(=O)N(C)C3CCNC3)nn2)c1. The lowest BCUT2D eigenvalue weighted by Gasteiger charge is -2.22. The Kier molecular flexibility index (Phi) is 3.70. The first-order chi connectivity index (χ1) is 10.1. The Balaban J connectivity index is 1.79. The molecule has 1 aliphatic heterocycles. The van der Waals surface area contributed by atoms with Crippen molar-refractivity contribution in [2.45, 2.75) is 19.4 Å². The Morgan fingerprint density at radius 1 is 1.48 bits per heavy atom. The predicted molar refractivity (Wildman–Crippen MR) is 79.5 cm³/mol. The van der Waals surface area contributed by atoms with E-state index < -0.39 is 0 Å². The first kappa shape index (κ1) is 13.8. The summed E-state index contributed by atoms with van der Waals surface area (Å²) >= 11 is 0. The van der Waals surface area contributed by atoms with Crippen LogP contribution >= 0.6 is 0 Å². The number of aromatic nitrogens is 3. The largest absolute Gasteiger partial charge is 0.336 e. The molecule has 6 heteroatoms. The maximum Gasteiger partial charge on any atom is 0.276 e. The van der Waals surface area contributed by atoms with Gasteiger partial charge in [-0.2, -0.15) is 0 Å². The minimum atomic E-state index is -0.0809. The van der Waals surface area contributed by atoms with Crippen LogP contribution in [0.15, 0.2) is 30.5 Å². The third-order valence-corrected chi connectivity index (χ3v) is 3.88. The number of likely N-dealkylation sites (N-methyl/N-ethyl adjacent to an activating group) is 1. The van der Waals surface area contributed by atoms with Gasteiger partial charge in [-0.05, 0) is 37.6 Å². The zero-order valence-corrected chi connectivity index (χ0v) is 12.3. The fraction of sp³-hybridized carbons (Fsp3) is 0.400. The van der Waals surface area contributed by atoms with E-state index in [0.29, 0.717) is 5.69 Å². The van der Waals surface area contributed by atoms with E-state index in [9.17, 15) is 4.79 Å². The molecular formula is C15H19N5O. The molecule has 1 aliphatic rings. The minimum Gasteiger partial charge on any atom is -0.336 e. The number of benzene rings is 1. The highest BCUT2D eigenvalue weighted by Crippen LogP contribution is 2.12. The molecule has 110 valence electrons. The van der Waals surface area contributed by atoms with Crippen LogP contribution in [0.4, 0.5) is 0 Å². The molecular weight excluding hydrogens is 266 g/mol. The predicted octanol–water partition coefficient (Wildman–Crippen LogP) is 1.01. The third-order valence-electron chi connectivity index (χ3n) is 3.88. The topological polar surface area (TPSA) is 63.1 Å². The molecule has 0 aliphatic carbocycles. The molecule has 1 aromatic carbocycles. The molecule has 1 saturated heterocycles. The van der Waals surface area contributed by atoms with Crippen LogP contribution in [0.2, 0.25) is 0 Å². The zero-order chi connectivity index (χ0) is 14.8. The van der Waals surface area contributed by atoms with Crippen LogP contribution < -0.4 is 5.32 Å². The molecule has 1 unspecified atom stereocenters. The number of hydrogen-bond acceptors (Lipinski definition) is 4. The fourth-order valence-electron chi connectivity index (χ4n) is 2.57. The van der Waals surface area contributed by atoms with Gasteiger partial charge in [-0.25, -0.2) is 4.68 Å². The first-order valence-corrected chi connectivity index (χ1v) is 7.12. The van der Waals surface area contributed by atoms with Crippen LogP contribution in [-0.2, 0) is 0 Å². The van der Waals surface area contributed by atoms with Crippen molar-refractivity contribution < 1.29 is 4.79 Å². The van der Waals surface area contributed by atoms with Crippen LogP contribution in [0.3, 0.4) is 0 Å². The van der Waals surface area contributed by atoms with E-state index >= 15 is 0 Å². The second-order valence-electron chi connectivity index (χ2n) is 5.45. The summed E-state index contributed by atoms with van der Waals surface area (Å²) < 4.78 is 1.64. The summed E-state index contributed by atoms with van der Waals surface area (Å²) in [6.07, 6.45) is 2.67. The standard InChI is InChI=1S/C15H19N5O/c1-11-4-3-5-12(8-11)20-10-14(17-18-20)15(21)19(2)13-6-7-16-9-13/h3-5,8,10,13,16H,6-7,9H2,1-2H3. The smallest absolute Gasteiger partial charge is 0.276 e. The summed E-state index contributed by atoms with van der Waals surface area (Å²) in [4.78, 5) is 14.2. The molecule has 3 rings (SSSR count). The maximum absolute atomic E-state index is 12.4. The minimum absolute atomic E-state index is 0.0809. The molecule has 0 spiro atoms. The number of carbonyl (C=O) groups is 1. The number of carbonyl (C=O) groups excluding carboxylic acids is 1. The quantitative estimate of drug-likeness (QED) is 0.914. The normalized spacial score (nSPS) is 17.9. The highest BCUT2D eigenvalue weighted by Gasteiger charge is 2.25. The van der Waals surface area contributed by atoms with Gasteiger partial charge in [0.2, 0.25) is 0 Å². The van der Waals surface area contributed by atoms with E-state index in [0.717, 1.165) is 30.8 Å². The first-order valence-electron chi connectivity index (χ1n) is 7.12. The summed E-state index contributed by atoms with van der Waals surface area (Å²) in [6.45, 7) is 3.82. The van der Waals surface area contributed by atoms with E-state index in [2.05, 4.69) is 15.6 Å². The van der Waals surface area contributed by atoms with Crippen LogP contribution in [0, 0.1) is 6.92 Å². The molecule has 1 fully saturated rings. The van der Waals surface area contributed by atoms with Gasteiger partial charge in [-0.15, -0.1) is 5.10 Å². The maximum atomic E-state index is 12.4. The molecule has 0 radical (unpaired) electrons. The molecule has 1 N–H and O–H groups in total. The molecule has 1 aromatic heterocycles. The number of nitrogens with zero attached hydrogens (tertiary/aromatic N) is 4. The Labute approximate surface area is 123 Å². The van der Waals surface area contributed by atoms with Crippen molar-refractivity contribution in [3.63, 3.8) is 0 Å². The average molecular weight is 285 g/mol. The highest BCUT2D eigenvalue weighted by atomic mass is 16.2. The lowest BCUT2D eigenvalue weighted by atomic mass is 10.2. The van der Waals surface area contributed by atoms with Gasteiger partial charge < -0.3 is 10.2 Å². The molecule has 1 amide bonds. The summed E-state index contributed by atoms with van der Waals surface area (Å²) in [5, 5.41) is 11.3. The van der Waals surface area contributed by atoms with Gasteiger partial charge in [0.1, 0.15) is 0 Å². The van der Waals surface area contributed by atoms with E-state index in [1.165, 1.54) is 0 Å². The van der Waals surface area contributed by atoms with Gasteiger partial charge in [0.15, 0.2) is 5.69 Å². The van der Waals surface area contributed by atoms with Gasteiger partial charge in [-0.3, -0.25) is 4.79 Å². The molecule has 2 heterocycles. The van der Waals surface area contributed by atoms with Crippen molar-refractivity contribution in [1.29, 1.82) is 0 Å². The van der Waals surface area contributed by atoms with Crippen molar-refractivity contribution >= 4 is 5.91 Å². The highest BCUT2D eigenvalue weighted by molar-refractivity contribution is 5.92. The molecule has 0 saturated carbocycles. The van der Waals surface area contributed by atoms with Gasteiger partial charge in [0.05, 0.1) is 11.9 Å². The monoisotopic (exact) mass is 285 g/mol. The van der Waals surface area contributed by atoms with Crippen molar-refractivity contribution in [3.05, 3.63) is 41.7 Å². The van der Waals surface area contributed by atoms with Crippen LogP contribution in [-0.4, -0.2) is 52.0 Å². The lowest BCUT2D eigenvalue weighted by Crippen LogP contribution is -2.38. The van der Waals surface area contributed by atoms with Crippen molar-refractivity contribution in [2.24, 2.45) is 0 Å². The van der Waals surface area contributed by atoms with Gasteiger partial charge in [0.25, 0.3) is 5.91 Å². The molecule has 0 bridgehead atoms.